The van der Waals surface area contributed by atoms with E-state index in [2.05, 4.69) is 4.99 Å². The molecule has 23 heavy (non-hydrogen) atoms. The molecule has 0 heterocycles. The highest BCUT2D eigenvalue weighted by atomic mass is 16.5. The van der Waals surface area contributed by atoms with Gasteiger partial charge in [-0.25, -0.2) is 4.79 Å². The van der Waals surface area contributed by atoms with Crippen LogP contribution in [0.25, 0.3) is 0 Å². The molecule has 0 spiro atoms. The quantitative estimate of drug-likeness (QED) is 0.710. The molecule has 0 bridgehead atoms. The maximum atomic E-state index is 11.3. The Hall–Kier alpha value is -3.02. The lowest BCUT2D eigenvalue weighted by atomic mass is 10.1. The molecule has 3 N–H and O–H groups in total. The Balaban J connectivity index is 2.19. The summed E-state index contributed by atoms with van der Waals surface area (Å²) in [6.07, 6.45) is 1.49. The van der Waals surface area contributed by atoms with Crippen molar-refractivity contribution in [3.8, 4) is 17.2 Å². The van der Waals surface area contributed by atoms with Crippen LogP contribution in [0.3, 0.4) is 0 Å². The fraction of sp³-hybridized carbons (Fsp3) is 0.176. The third-order valence-corrected chi connectivity index (χ3v) is 3.29. The van der Waals surface area contributed by atoms with Crippen molar-refractivity contribution in [2.45, 2.75) is 12.5 Å². The predicted octanol–water partition coefficient (Wildman–Crippen LogP) is 2.22. The van der Waals surface area contributed by atoms with Crippen LogP contribution in [-0.2, 0) is 11.2 Å². The molecule has 0 unspecified atom stereocenters. The standard InChI is InChI=1S/C17H17NO5/c1-23-15-4-2-3-12(16(15)20)10-18-14(17(21)22)9-11-5-7-13(19)8-6-11/h2-8,10,14,19-20H,9H2,1H3,(H,21,22)/t14-/m0/s1. The number of carboxylic acid groups (broad SMARTS) is 1. The number of hydrogen-bond donors (Lipinski definition) is 3. The molecule has 0 aliphatic carbocycles. The van der Waals surface area contributed by atoms with Crippen LogP contribution in [0, 0.1) is 0 Å². The zero-order valence-corrected chi connectivity index (χ0v) is 12.5. The number of aliphatic carboxylic acids is 1. The topological polar surface area (TPSA) is 99.4 Å². The van der Waals surface area contributed by atoms with Gasteiger partial charge < -0.3 is 20.1 Å². The number of hydrogen-bond acceptors (Lipinski definition) is 5. The van der Waals surface area contributed by atoms with Crippen molar-refractivity contribution in [2.75, 3.05) is 7.11 Å². The van der Waals surface area contributed by atoms with E-state index in [-0.39, 0.29) is 17.9 Å². The lowest BCUT2D eigenvalue weighted by Gasteiger charge is -2.09. The van der Waals surface area contributed by atoms with Crippen LogP contribution in [0.15, 0.2) is 47.5 Å². The number of phenolic OH excluding ortho intramolecular Hbond substituents is 2. The summed E-state index contributed by atoms with van der Waals surface area (Å²) in [7, 11) is 1.43. The number of aliphatic imine (C=N–C) groups is 1. The molecule has 0 radical (unpaired) electrons. The van der Waals surface area contributed by atoms with Gasteiger partial charge in [-0.15, -0.1) is 0 Å². The van der Waals surface area contributed by atoms with E-state index in [4.69, 9.17) is 4.74 Å². The molecule has 2 aromatic carbocycles. The molecule has 0 aliphatic heterocycles. The average Bonchev–Trinajstić information content (AvgIpc) is 2.54. The van der Waals surface area contributed by atoms with Crippen molar-refractivity contribution >= 4 is 12.2 Å². The van der Waals surface area contributed by atoms with E-state index in [1.165, 1.54) is 25.5 Å². The van der Waals surface area contributed by atoms with Crippen LogP contribution < -0.4 is 4.74 Å². The van der Waals surface area contributed by atoms with Crippen LogP contribution in [0.1, 0.15) is 11.1 Å². The third kappa shape index (κ3) is 4.23. The van der Waals surface area contributed by atoms with E-state index in [9.17, 15) is 20.1 Å². The molecular formula is C17H17NO5. The van der Waals surface area contributed by atoms with Gasteiger partial charge in [0.2, 0.25) is 0 Å². The van der Waals surface area contributed by atoms with Crippen LogP contribution in [0.4, 0.5) is 0 Å². The van der Waals surface area contributed by atoms with Crippen molar-refractivity contribution in [2.24, 2.45) is 4.99 Å². The number of benzene rings is 2. The van der Waals surface area contributed by atoms with Gasteiger partial charge in [0.05, 0.1) is 7.11 Å². The van der Waals surface area contributed by atoms with Gasteiger partial charge in [0, 0.05) is 18.2 Å². The van der Waals surface area contributed by atoms with E-state index in [1.54, 1.807) is 30.3 Å². The highest BCUT2D eigenvalue weighted by molar-refractivity contribution is 5.87. The van der Waals surface area contributed by atoms with Gasteiger partial charge in [0.25, 0.3) is 0 Å². The zero-order chi connectivity index (χ0) is 16.8. The number of carboxylic acids is 1. The van der Waals surface area contributed by atoms with Crippen molar-refractivity contribution in [3.63, 3.8) is 0 Å². The minimum Gasteiger partial charge on any atom is -0.508 e. The number of methoxy groups -OCH3 is 1. The second-order valence-corrected chi connectivity index (χ2v) is 4.90. The van der Waals surface area contributed by atoms with Gasteiger partial charge in [-0.2, -0.15) is 0 Å². The first-order valence-corrected chi connectivity index (χ1v) is 6.91. The number of rotatable bonds is 6. The van der Waals surface area contributed by atoms with Crippen molar-refractivity contribution < 1.29 is 24.9 Å². The summed E-state index contributed by atoms with van der Waals surface area (Å²) in [5.41, 5.74) is 1.11. The third-order valence-electron chi connectivity index (χ3n) is 3.29. The molecule has 0 aromatic heterocycles. The molecular weight excluding hydrogens is 298 g/mol. The minimum atomic E-state index is -1.07. The number of aromatic hydroxyl groups is 2. The fourth-order valence-corrected chi connectivity index (χ4v) is 2.04. The number of ether oxygens (including phenoxy) is 1. The Morgan fingerprint density at radius 2 is 1.91 bits per heavy atom. The summed E-state index contributed by atoms with van der Waals surface area (Å²) in [5, 5.41) is 28.5. The average molecular weight is 315 g/mol. The Labute approximate surface area is 133 Å². The van der Waals surface area contributed by atoms with Crippen LogP contribution in [-0.4, -0.2) is 40.7 Å². The summed E-state index contributed by atoms with van der Waals surface area (Å²) < 4.78 is 5.00. The van der Waals surface area contributed by atoms with Crippen molar-refractivity contribution in [1.29, 1.82) is 0 Å². The maximum absolute atomic E-state index is 11.3. The predicted molar refractivity (Wildman–Crippen MR) is 85.5 cm³/mol. The van der Waals surface area contributed by atoms with E-state index in [0.717, 1.165) is 5.56 Å². The Kier molecular flexibility index (Phi) is 5.19. The van der Waals surface area contributed by atoms with Gasteiger partial charge in [0.15, 0.2) is 17.5 Å². The molecule has 0 aliphatic rings. The second-order valence-electron chi connectivity index (χ2n) is 4.90. The number of para-hydroxylation sites is 1. The molecule has 2 aromatic rings. The lowest BCUT2D eigenvalue weighted by molar-refractivity contribution is -0.138. The minimum absolute atomic E-state index is 0.0903. The lowest BCUT2D eigenvalue weighted by Crippen LogP contribution is -2.20. The normalized spacial score (nSPS) is 12.2. The van der Waals surface area contributed by atoms with Crippen LogP contribution in [0.2, 0.25) is 0 Å². The second kappa shape index (κ2) is 7.31. The van der Waals surface area contributed by atoms with E-state index in [0.29, 0.717) is 11.3 Å². The summed E-state index contributed by atoms with van der Waals surface area (Å²) in [6.45, 7) is 0. The van der Waals surface area contributed by atoms with Gasteiger partial charge in [-0.1, -0.05) is 18.2 Å². The highest BCUT2D eigenvalue weighted by Gasteiger charge is 2.16. The van der Waals surface area contributed by atoms with E-state index >= 15 is 0 Å². The molecule has 0 amide bonds. The van der Waals surface area contributed by atoms with E-state index < -0.39 is 12.0 Å². The van der Waals surface area contributed by atoms with Crippen LogP contribution >= 0.6 is 0 Å². The summed E-state index contributed by atoms with van der Waals surface area (Å²) in [6, 6.07) is 10.2. The highest BCUT2D eigenvalue weighted by Crippen LogP contribution is 2.28. The molecule has 2 rings (SSSR count). The smallest absolute Gasteiger partial charge is 0.328 e. The molecule has 120 valence electrons. The fourth-order valence-electron chi connectivity index (χ4n) is 2.04. The zero-order valence-electron chi connectivity index (χ0n) is 12.5. The summed E-state index contributed by atoms with van der Waals surface area (Å²) >= 11 is 0. The molecule has 6 nitrogen and oxygen atoms in total. The van der Waals surface area contributed by atoms with Crippen molar-refractivity contribution in [3.05, 3.63) is 53.6 Å². The van der Waals surface area contributed by atoms with Gasteiger partial charge in [-0.3, -0.25) is 4.99 Å². The Morgan fingerprint density at radius 3 is 2.52 bits per heavy atom. The molecule has 6 heteroatoms. The van der Waals surface area contributed by atoms with Crippen molar-refractivity contribution in [1.82, 2.24) is 0 Å². The molecule has 1 atom stereocenters. The summed E-state index contributed by atoms with van der Waals surface area (Å²) in [4.78, 5) is 15.4. The number of nitrogens with zero attached hydrogens (tertiary/aromatic N) is 1. The molecule has 0 saturated carbocycles. The van der Waals surface area contributed by atoms with E-state index in [1.807, 2.05) is 0 Å². The van der Waals surface area contributed by atoms with Gasteiger partial charge >= 0.3 is 5.97 Å². The number of phenols is 2. The van der Waals surface area contributed by atoms with Gasteiger partial charge in [-0.05, 0) is 29.8 Å². The van der Waals surface area contributed by atoms with Gasteiger partial charge in [0.1, 0.15) is 5.75 Å². The SMILES string of the molecule is COc1cccc(C=N[C@@H](Cc2ccc(O)cc2)C(=O)O)c1O. The summed E-state index contributed by atoms with van der Waals surface area (Å²) in [5.74, 6) is -0.756. The van der Waals surface area contributed by atoms with Crippen LogP contribution in [0.5, 0.6) is 17.2 Å². The Bertz CT molecular complexity index is 709. The first kappa shape index (κ1) is 16.4. The number of carbonyl (C=O) groups is 1. The molecule has 0 fully saturated rings. The first-order chi connectivity index (χ1) is 11.0. The molecule has 0 saturated heterocycles. The Morgan fingerprint density at radius 1 is 1.22 bits per heavy atom. The first-order valence-electron chi connectivity index (χ1n) is 6.91. The monoisotopic (exact) mass is 315 g/mol. The maximum Gasteiger partial charge on any atom is 0.328 e. The largest absolute Gasteiger partial charge is 0.508 e.